The molecule has 1 unspecified atom stereocenters. The third-order valence-corrected chi connectivity index (χ3v) is 6.12. The van der Waals surface area contributed by atoms with Crippen molar-refractivity contribution in [2.75, 3.05) is 26.3 Å². The maximum Gasteiger partial charge on any atom is 0.362 e. The van der Waals surface area contributed by atoms with Crippen LogP contribution in [0.3, 0.4) is 0 Å². The second kappa shape index (κ2) is 10.5. The van der Waals surface area contributed by atoms with Crippen molar-refractivity contribution in [1.82, 2.24) is 10.2 Å². The first-order valence-corrected chi connectivity index (χ1v) is 10.5. The molecule has 0 aliphatic carbocycles. The molecule has 0 spiro atoms. The quantitative estimate of drug-likeness (QED) is 0.626. The van der Waals surface area contributed by atoms with Gasteiger partial charge in [-0.1, -0.05) is 18.2 Å². The zero-order chi connectivity index (χ0) is 19.7. The standard InChI is InChI=1S/C18H29N2O5P/c1-6-20(7-2)18(22)17(26(23,24-8-3)25-9-4)19-16(21)15-13-11-10-12-14(15)5/h10-13,17H,6-9H2,1-5H3,(H,19,21). The molecular weight excluding hydrogens is 355 g/mol. The molecule has 0 fully saturated rings. The zero-order valence-corrected chi connectivity index (χ0v) is 17.0. The Kier molecular flexibility index (Phi) is 8.99. The lowest BCUT2D eigenvalue weighted by Crippen LogP contribution is -2.49. The van der Waals surface area contributed by atoms with Gasteiger partial charge in [0.1, 0.15) is 0 Å². The molecule has 0 heterocycles. The van der Waals surface area contributed by atoms with Gasteiger partial charge in [0.2, 0.25) is 5.78 Å². The van der Waals surface area contributed by atoms with Gasteiger partial charge in [-0.2, -0.15) is 0 Å². The van der Waals surface area contributed by atoms with Gasteiger partial charge in [-0.3, -0.25) is 14.2 Å². The molecule has 0 bridgehead atoms. The van der Waals surface area contributed by atoms with E-state index >= 15 is 0 Å². The third kappa shape index (κ3) is 5.40. The van der Waals surface area contributed by atoms with Crippen LogP contribution < -0.4 is 5.32 Å². The zero-order valence-electron chi connectivity index (χ0n) is 16.2. The highest BCUT2D eigenvalue weighted by Gasteiger charge is 2.44. The van der Waals surface area contributed by atoms with Crippen LogP contribution in [0.4, 0.5) is 0 Å². The van der Waals surface area contributed by atoms with Crippen molar-refractivity contribution in [1.29, 1.82) is 0 Å². The van der Waals surface area contributed by atoms with Gasteiger partial charge in [-0.25, -0.2) is 0 Å². The number of nitrogens with one attached hydrogen (secondary N) is 1. The molecule has 2 amide bonds. The Bertz CT molecular complexity index is 651. The molecule has 0 saturated carbocycles. The van der Waals surface area contributed by atoms with Gasteiger partial charge in [-0.05, 0) is 46.2 Å². The van der Waals surface area contributed by atoms with Crippen molar-refractivity contribution in [3.05, 3.63) is 35.4 Å². The normalized spacial score (nSPS) is 12.5. The van der Waals surface area contributed by atoms with Crippen molar-refractivity contribution in [3.63, 3.8) is 0 Å². The summed E-state index contributed by atoms with van der Waals surface area (Å²) in [6, 6.07) is 6.99. The lowest BCUT2D eigenvalue weighted by molar-refractivity contribution is -0.131. The molecule has 0 aliphatic rings. The van der Waals surface area contributed by atoms with Crippen LogP contribution in [0.25, 0.3) is 0 Å². The van der Waals surface area contributed by atoms with E-state index in [1.807, 2.05) is 19.9 Å². The number of benzene rings is 1. The number of amides is 2. The van der Waals surface area contributed by atoms with Crippen molar-refractivity contribution in [2.45, 2.75) is 40.4 Å². The maximum absolute atomic E-state index is 13.2. The Morgan fingerprint density at radius 2 is 1.62 bits per heavy atom. The first-order valence-electron chi connectivity index (χ1n) is 8.88. The van der Waals surface area contributed by atoms with Gasteiger partial charge in [0.05, 0.1) is 13.2 Å². The number of nitrogens with zero attached hydrogens (tertiary/aromatic N) is 1. The number of hydrogen-bond donors (Lipinski definition) is 1. The van der Waals surface area contributed by atoms with Gasteiger partial charge < -0.3 is 19.3 Å². The second-order valence-corrected chi connectivity index (χ2v) is 7.69. The Labute approximate surface area is 155 Å². The summed E-state index contributed by atoms with van der Waals surface area (Å²) in [5, 5.41) is 2.59. The lowest BCUT2D eigenvalue weighted by atomic mass is 10.1. The van der Waals surface area contributed by atoms with E-state index in [9.17, 15) is 14.2 Å². The molecule has 26 heavy (non-hydrogen) atoms. The average molecular weight is 384 g/mol. The summed E-state index contributed by atoms with van der Waals surface area (Å²) >= 11 is 0. The van der Waals surface area contributed by atoms with E-state index in [1.165, 1.54) is 4.90 Å². The summed E-state index contributed by atoms with van der Waals surface area (Å²) < 4.78 is 23.9. The number of carbonyl (C=O) groups excluding carboxylic acids is 2. The first-order chi connectivity index (χ1) is 12.3. The molecular formula is C18H29N2O5P. The van der Waals surface area contributed by atoms with Gasteiger partial charge >= 0.3 is 7.60 Å². The number of rotatable bonds is 10. The summed E-state index contributed by atoms with van der Waals surface area (Å²) in [4.78, 5) is 27.1. The minimum atomic E-state index is -3.88. The Balaban J connectivity index is 3.26. The Hall–Kier alpha value is -1.69. The minimum absolute atomic E-state index is 0.0968. The third-order valence-electron chi connectivity index (χ3n) is 3.90. The van der Waals surface area contributed by atoms with Crippen molar-refractivity contribution < 1.29 is 23.2 Å². The number of aryl methyl sites for hydroxylation is 1. The highest BCUT2D eigenvalue weighted by molar-refractivity contribution is 7.55. The van der Waals surface area contributed by atoms with Crippen LogP contribution in [0.5, 0.6) is 0 Å². The summed E-state index contributed by atoms with van der Waals surface area (Å²) in [5.41, 5.74) is 1.16. The number of carbonyl (C=O) groups is 2. The van der Waals surface area contributed by atoms with Crippen LogP contribution in [0.1, 0.15) is 43.6 Å². The molecule has 8 heteroatoms. The van der Waals surface area contributed by atoms with Crippen LogP contribution in [-0.4, -0.2) is 48.8 Å². The molecule has 1 rings (SSSR count). The molecule has 0 saturated heterocycles. The lowest BCUT2D eigenvalue weighted by Gasteiger charge is -2.30. The van der Waals surface area contributed by atoms with E-state index < -0.39 is 25.2 Å². The molecule has 7 nitrogen and oxygen atoms in total. The van der Waals surface area contributed by atoms with E-state index in [0.717, 1.165) is 5.56 Å². The van der Waals surface area contributed by atoms with Crippen LogP contribution in [0, 0.1) is 6.92 Å². The van der Waals surface area contributed by atoms with E-state index in [-0.39, 0.29) is 13.2 Å². The molecule has 0 aromatic heterocycles. The minimum Gasteiger partial charge on any atom is -0.341 e. The highest BCUT2D eigenvalue weighted by atomic mass is 31.2. The van der Waals surface area contributed by atoms with Gasteiger partial charge in [0.15, 0.2) is 0 Å². The summed E-state index contributed by atoms with van der Waals surface area (Å²) in [7, 11) is -3.88. The van der Waals surface area contributed by atoms with E-state index in [0.29, 0.717) is 18.7 Å². The van der Waals surface area contributed by atoms with Crippen LogP contribution in [0.15, 0.2) is 24.3 Å². The molecule has 0 aliphatic heterocycles. The largest absolute Gasteiger partial charge is 0.362 e. The number of hydrogen-bond acceptors (Lipinski definition) is 5. The molecule has 1 N–H and O–H groups in total. The number of likely N-dealkylation sites (N-methyl/N-ethyl adjacent to an activating group) is 1. The van der Waals surface area contributed by atoms with Gasteiger partial charge in [-0.15, -0.1) is 0 Å². The second-order valence-electron chi connectivity index (χ2n) is 5.58. The Morgan fingerprint density at radius 1 is 1.08 bits per heavy atom. The fourth-order valence-electron chi connectivity index (χ4n) is 2.56. The molecule has 0 radical (unpaired) electrons. The summed E-state index contributed by atoms with van der Waals surface area (Å²) in [5.74, 6) is -2.37. The predicted octanol–water partition coefficient (Wildman–Crippen LogP) is 3.19. The monoisotopic (exact) mass is 384 g/mol. The van der Waals surface area contributed by atoms with Crippen molar-refractivity contribution in [2.24, 2.45) is 0 Å². The van der Waals surface area contributed by atoms with Crippen LogP contribution in [-0.2, 0) is 18.4 Å². The Morgan fingerprint density at radius 3 is 2.08 bits per heavy atom. The van der Waals surface area contributed by atoms with Crippen molar-refractivity contribution >= 4 is 19.4 Å². The summed E-state index contributed by atoms with van der Waals surface area (Å²) in [6.45, 7) is 9.78. The SMILES string of the molecule is CCOP(=O)(OCC)C(NC(=O)c1ccccc1C)C(=O)N(CC)CC. The van der Waals surface area contributed by atoms with Gasteiger partial charge in [0.25, 0.3) is 11.8 Å². The topological polar surface area (TPSA) is 84.9 Å². The van der Waals surface area contributed by atoms with Crippen molar-refractivity contribution in [3.8, 4) is 0 Å². The van der Waals surface area contributed by atoms with Crippen LogP contribution >= 0.6 is 7.60 Å². The van der Waals surface area contributed by atoms with E-state index in [1.54, 1.807) is 39.0 Å². The van der Waals surface area contributed by atoms with E-state index in [2.05, 4.69) is 5.32 Å². The fourth-order valence-corrected chi connectivity index (χ4v) is 4.36. The molecule has 146 valence electrons. The predicted molar refractivity (Wildman–Crippen MR) is 101 cm³/mol. The van der Waals surface area contributed by atoms with Gasteiger partial charge in [0, 0.05) is 18.7 Å². The smallest absolute Gasteiger partial charge is 0.341 e. The maximum atomic E-state index is 13.2. The molecule has 1 atom stereocenters. The molecule has 1 aromatic rings. The molecule has 1 aromatic carbocycles. The highest BCUT2D eigenvalue weighted by Crippen LogP contribution is 2.52. The van der Waals surface area contributed by atoms with E-state index in [4.69, 9.17) is 9.05 Å². The summed E-state index contributed by atoms with van der Waals surface area (Å²) in [6.07, 6.45) is 0. The van der Waals surface area contributed by atoms with Crippen LogP contribution in [0.2, 0.25) is 0 Å². The average Bonchev–Trinajstić information content (AvgIpc) is 2.61. The fraction of sp³-hybridized carbons (Fsp3) is 0.556. The first kappa shape index (κ1) is 22.4.